The fourth-order valence-electron chi connectivity index (χ4n) is 1.27. The van der Waals surface area contributed by atoms with Crippen molar-refractivity contribution in [3.8, 4) is 0 Å². The van der Waals surface area contributed by atoms with E-state index < -0.39 is 11.5 Å². The number of nitrogen functional groups attached to an aromatic ring is 1. The maximum atomic E-state index is 11.5. The summed E-state index contributed by atoms with van der Waals surface area (Å²) in [6, 6.07) is 3.26. The number of aryl methyl sites for hydroxylation is 1. The van der Waals surface area contributed by atoms with Crippen LogP contribution in [0.4, 0.5) is 0 Å². The van der Waals surface area contributed by atoms with E-state index in [0.29, 0.717) is 10.9 Å². The van der Waals surface area contributed by atoms with E-state index in [9.17, 15) is 9.59 Å². The number of aromatic nitrogens is 3. The van der Waals surface area contributed by atoms with Crippen LogP contribution < -0.4 is 11.4 Å². The standard InChI is InChI=1S/C10H10N4O3S2/c1-5-8(15)14(11)10(13-12-5)18-4-6-2-3-7(19-6)9(16)17/h2-3H,4,11H2,1H3,(H,16,17). The maximum absolute atomic E-state index is 11.5. The van der Waals surface area contributed by atoms with Crippen molar-refractivity contribution in [2.75, 3.05) is 5.84 Å². The van der Waals surface area contributed by atoms with Crippen molar-refractivity contribution in [3.63, 3.8) is 0 Å². The number of carboxylic acids is 1. The molecule has 0 amide bonds. The van der Waals surface area contributed by atoms with Gasteiger partial charge in [-0.2, -0.15) is 4.68 Å². The summed E-state index contributed by atoms with van der Waals surface area (Å²) in [7, 11) is 0. The average Bonchev–Trinajstić information content (AvgIpc) is 2.84. The normalized spacial score (nSPS) is 10.6. The molecule has 3 N–H and O–H groups in total. The number of carbonyl (C=O) groups is 1. The van der Waals surface area contributed by atoms with E-state index >= 15 is 0 Å². The Morgan fingerprint density at radius 2 is 2.26 bits per heavy atom. The molecule has 0 radical (unpaired) electrons. The zero-order valence-electron chi connectivity index (χ0n) is 9.86. The number of thiophene rings is 1. The summed E-state index contributed by atoms with van der Waals surface area (Å²) >= 11 is 2.41. The third-order valence-corrected chi connectivity index (χ3v) is 4.48. The van der Waals surface area contributed by atoms with Gasteiger partial charge in [-0.05, 0) is 19.1 Å². The van der Waals surface area contributed by atoms with Crippen molar-refractivity contribution in [2.24, 2.45) is 0 Å². The Kier molecular flexibility index (Phi) is 3.86. The molecule has 100 valence electrons. The topological polar surface area (TPSA) is 111 Å². The van der Waals surface area contributed by atoms with Gasteiger partial charge in [0.25, 0.3) is 5.56 Å². The van der Waals surface area contributed by atoms with E-state index in [1.165, 1.54) is 30.0 Å². The van der Waals surface area contributed by atoms with E-state index in [4.69, 9.17) is 10.9 Å². The molecule has 0 aliphatic rings. The number of hydrogen-bond acceptors (Lipinski definition) is 7. The Hall–Kier alpha value is -1.87. The quantitative estimate of drug-likeness (QED) is 0.631. The molecule has 0 saturated carbocycles. The predicted molar refractivity (Wildman–Crippen MR) is 72.0 cm³/mol. The van der Waals surface area contributed by atoms with Gasteiger partial charge in [-0.25, -0.2) is 4.79 Å². The highest BCUT2D eigenvalue weighted by atomic mass is 32.2. The number of nitrogens with two attached hydrogens (primary N) is 1. The highest BCUT2D eigenvalue weighted by Gasteiger charge is 2.10. The Balaban J connectivity index is 2.12. The number of aromatic carboxylic acids is 1. The fourth-order valence-corrected chi connectivity index (χ4v) is 3.02. The van der Waals surface area contributed by atoms with E-state index in [1.54, 1.807) is 12.1 Å². The molecule has 2 heterocycles. The highest BCUT2D eigenvalue weighted by molar-refractivity contribution is 7.98. The van der Waals surface area contributed by atoms with Crippen LogP contribution in [0.3, 0.4) is 0 Å². The second kappa shape index (κ2) is 5.41. The summed E-state index contributed by atoms with van der Waals surface area (Å²) in [5.74, 6) is 5.12. The molecule has 7 nitrogen and oxygen atoms in total. The van der Waals surface area contributed by atoms with Crippen LogP contribution >= 0.6 is 23.1 Å². The third kappa shape index (κ3) is 2.93. The minimum absolute atomic E-state index is 0.233. The molecule has 9 heteroatoms. The van der Waals surface area contributed by atoms with Gasteiger partial charge in [0, 0.05) is 10.6 Å². The van der Waals surface area contributed by atoms with Crippen molar-refractivity contribution in [2.45, 2.75) is 17.8 Å². The number of carboxylic acid groups (broad SMARTS) is 1. The van der Waals surface area contributed by atoms with Crippen molar-refractivity contribution < 1.29 is 9.90 Å². The predicted octanol–water partition coefficient (Wildman–Crippen LogP) is 0.713. The van der Waals surface area contributed by atoms with Crippen LogP contribution in [0.5, 0.6) is 0 Å². The molecule has 0 fully saturated rings. The molecular weight excluding hydrogens is 288 g/mol. The van der Waals surface area contributed by atoms with Gasteiger partial charge in [0.1, 0.15) is 10.6 Å². The van der Waals surface area contributed by atoms with Crippen LogP contribution in [0.1, 0.15) is 20.2 Å². The summed E-state index contributed by atoms with van der Waals surface area (Å²) < 4.78 is 0.943. The van der Waals surface area contributed by atoms with Crippen LogP contribution in [-0.4, -0.2) is 25.9 Å². The first-order valence-corrected chi connectivity index (χ1v) is 6.95. The van der Waals surface area contributed by atoms with Crippen LogP contribution in [0.15, 0.2) is 22.1 Å². The SMILES string of the molecule is Cc1nnc(SCc2ccc(C(=O)O)s2)n(N)c1=O. The van der Waals surface area contributed by atoms with Crippen LogP contribution in [0.25, 0.3) is 0 Å². The first-order chi connectivity index (χ1) is 8.99. The molecule has 0 spiro atoms. The van der Waals surface area contributed by atoms with Gasteiger partial charge in [0.2, 0.25) is 5.16 Å². The molecule has 0 saturated heterocycles. The molecule has 0 aromatic carbocycles. The van der Waals surface area contributed by atoms with E-state index in [1.807, 2.05) is 0 Å². The van der Waals surface area contributed by atoms with Gasteiger partial charge in [0.05, 0.1) is 0 Å². The third-order valence-electron chi connectivity index (χ3n) is 2.24. The van der Waals surface area contributed by atoms with E-state index in [2.05, 4.69) is 10.2 Å². The van der Waals surface area contributed by atoms with Gasteiger partial charge in [0.15, 0.2) is 0 Å². The molecule has 0 atom stereocenters. The summed E-state index contributed by atoms with van der Waals surface area (Å²) in [6.45, 7) is 1.53. The summed E-state index contributed by atoms with van der Waals surface area (Å²) in [4.78, 5) is 23.4. The Bertz CT molecular complexity index is 680. The number of nitrogens with zero attached hydrogens (tertiary/aromatic N) is 3. The molecule has 2 rings (SSSR count). The zero-order chi connectivity index (χ0) is 14.0. The molecule has 0 unspecified atom stereocenters. The average molecular weight is 298 g/mol. The molecule has 2 aromatic heterocycles. The molecular formula is C10H10N4O3S2. The van der Waals surface area contributed by atoms with Crippen molar-refractivity contribution in [3.05, 3.63) is 37.9 Å². The lowest BCUT2D eigenvalue weighted by Crippen LogP contribution is -2.32. The Morgan fingerprint density at radius 1 is 1.53 bits per heavy atom. The van der Waals surface area contributed by atoms with Gasteiger partial charge in [-0.15, -0.1) is 21.5 Å². The monoisotopic (exact) mass is 298 g/mol. The lowest BCUT2D eigenvalue weighted by Gasteiger charge is -2.04. The van der Waals surface area contributed by atoms with E-state index in [-0.39, 0.29) is 10.6 Å². The lowest BCUT2D eigenvalue weighted by molar-refractivity contribution is 0.0702. The van der Waals surface area contributed by atoms with Crippen molar-refractivity contribution in [1.29, 1.82) is 0 Å². The largest absolute Gasteiger partial charge is 0.477 e. The maximum Gasteiger partial charge on any atom is 0.345 e. The van der Waals surface area contributed by atoms with Gasteiger partial charge in [-0.3, -0.25) is 4.79 Å². The van der Waals surface area contributed by atoms with Crippen molar-refractivity contribution >= 4 is 29.1 Å². The zero-order valence-corrected chi connectivity index (χ0v) is 11.5. The molecule has 2 aromatic rings. The minimum atomic E-state index is -0.952. The summed E-state index contributed by atoms with van der Waals surface area (Å²) in [5.41, 5.74) is -0.161. The first-order valence-electron chi connectivity index (χ1n) is 5.15. The van der Waals surface area contributed by atoms with Crippen molar-refractivity contribution in [1.82, 2.24) is 14.9 Å². The minimum Gasteiger partial charge on any atom is -0.477 e. The van der Waals surface area contributed by atoms with Crippen LogP contribution in [0, 0.1) is 6.92 Å². The molecule has 0 aliphatic carbocycles. The fraction of sp³-hybridized carbons (Fsp3) is 0.200. The second-order valence-electron chi connectivity index (χ2n) is 3.60. The van der Waals surface area contributed by atoms with Gasteiger partial charge < -0.3 is 10.9 Å². The van der Waals surface area contributed by atoms with Crippen LogP contribution in [-0.2, 0) is 5.75 Å². The molecule has 0 aliphatic heterocycles. The molecule has 19 heavy (non-hydrogen) atoms. The number of thioether (sulfide) groups is 1. The van der Waals surface area contributed by atoms with E-state index in [0.717, 1.165) is 9.55 Å². The summed E-state index contributed by atoms with van der Waals surface area (Å²) in [5, 5.41) is 16.6. The van der Waals surface area contributed by atoms with Gasteiger partial charge in [-0.1, -0.05) is 11.8 Å². The number of hydrogen-bond donors (Lipinski definition) is 2. The highest BCUT2D eigenvalue weighted by Crippen LogP contribution is 2.24. The Labute approximate surface area is 116 Å². The Morgan fingerprint density at radius 3 is 2.89 bits per heavy atom. The smallest absolute Gasteiger partial charge is 0.345 e. The lowest BCUT2D eigenvalue weighted by atomic mass is 10.4. The second-order valence-corrected chi connectivity index (χ2v) is 5.71. The molecule has 0 bridgehead atoms. The first kappa shape index (κ1) is 13.6. The number of rotatable bonds is 4. The van der Waals surface area contributed by atoms with Gasteiger partial charge >= 0.3 is 5.97 Å². The van der Waals surface area contributed by atoms with Crippen LogP contribution in [0.2, 0.25) is 0 Å². The summed E-state index contributed by atoms with van der Waals surface area (Å²) in [6.07, 6.45) is 0.